The van der Waals surface area contributed by atoms with E-state index < -0.39 is 0 Å². The fourth-order valence-corrected chi connectivity index (χ4v) is 4.85. The Morgan fingerprint density at radius 2 is 1.79 bits per heavy atom. The first-order chi connectivity index (χ1) is 14.0. The minimum atomic E-state index is -0.179. The maximum absolute atomic E-state index is 12.9. The van der Waals surface area contributed by atoms with Gasteiger partial charge in [0.25, 0.3) is 5.91 Å². The van der Waals surface area contributed by atoms with Crippen LogP contribution in [-0.4, -0.2) is 29.0 Å². The number of hydrogen-bond acceptors (Lipinski definition) is 4. The quantitative estimate of drug-likeness (QED) is 0.517. The highest BCUT2D eigenvalue weighted by Gasteiger charge is 2.22. The number of thiazole rings is 1. The van der Waals surface area contributed by atoms with Crippen LogP contribution >= 0.6 is 34.5 Å². The smallest absolute Gasteiger partial charge is 0.283 e. The van der Waals surface area contributed by atoms with Crippen molar-refractivity contribution in [2.75, 3.05) is 13.1 Å². The number of hydrogen-bond donors (Lipinski definition) is 1. The third-order valence-corrected chi connectivity index (χ3v) is 6.59. The van der Waals surface area contributed by atoms with Gasteiger partial charge in [0.15, 0.2) is 5.01 Å². The first kappa shape index (κ1) is 20.4. The molecule has 4 rings (SSSR count). The summed E-state index contributed by atoms with van der Waals surface area (Å²) in [7, 11) is 0. The number of nitrogens with one attached hydrogen (secondary N) is 1. The Labute approximate surface area is 184 Å². The summed E-state index contributed by atoms with van der Waals surface area (Å²) >= 11 is 13.9. The van der Waals surface area contributed by atoms with Gasteiger partial charge in [-0.1, -0.05) is 59.5 Å². The maximum atomic E-state index is 12.9. The van der Waals surface area contributed by atoms with E-state index in [-0.39, 0.29) is 5.91 Å². The molecule has 0 atom stereocenters. The lowest BCUT2D eigenvalue weighted by Crippen LogP contribution is -2.45. The minimum Gasteiger partial charge on any atom is -0.283 e. The van der Waals surface area contributed by atoms with E-state index in [9.17, 15) is 4.79 Å². The molecule has 0 aliphatic carbocycles. The highest BCUT2D eigenvalue weighted by Crippen LogP contribution is 2.40. The lowest BCUT2D eigenvalue weighted by Gasteiger charge is -2.26. The third kappa shape index (κ3) is 4.64. The van der Waals surface area contributed by atoms with Crippen LogP contribution in [0.3, 0.4) is 0 Å². The second kappa shape index (κ2) is 8.84. The van der Waals surface area contributed by atoms with Gasteiger partial charge in [-0.25, -0.2) is 9.99 Å². The number of aromatic nitrogens is 1. The second-order valence-corrected chi connectivity index (χ2v) is 9.02. The number of aryl methyl sites for hydroxylation is 1. The predicted octanol–water partition coefficient (Wildman–Crippen LogP) is 6.22. The fraction of sp³-hybridized carbons (Fsp3) is 0.273. The van der Waals surface area contributed by atoms with Crippen LogP contribution in [0.15, 0.2) is 42.5 Å². The van der Waals surface area contributed by atoms with E-state index in [4.69, 9.17) is 23.2 Å². The van der Waals surface area contributed by atoms with Crippen molar-refractivity contribution >= 4 is 40.4 Å². The van der Waals surface area contributed by atoms with Gasteiger partial charge in [-0.15, -0.1) is 11.3 Å². The van der Waals surface area contributed by atoms with Crippen molar-refractivity contribution in [3.63, 3.8) is 0 Å². The number of carbonyl (C=O) groups excluding carboxylic acids is 1. The molecule has 4 nitrogen and oxygen atoms in total. The van der Waals surface area contributed by atoms with Crippen LogP contribution in [0.1, 0.15) is 34.6 Å². The first-order valence-corrected chi connectivity index (χ1v) is 11.2. The molecule has 1 saturated heterocycles. The average molecular weight is 446 g/mol. The zero-order valence-corrected chi connectivity index (χ0v) is 18.4. The Balaban J connectivity index is 1.73. The van der Waals surface area contributed by atoms with Crippen LogP contribution in [0, 0.1) is 6.92 Å². The number of halogens is 2. The largest absolute Gasteiger partial charge is 0.294 e. The predicted molar refractivity (Wildman–Crippen MR) is 121 cm³/mol. The molecule has 1 fully saturated rings. The highest BCUT2D eigenvalue weighted by molar-refractivity contribution is 7.17. The van der Waals surface area contributed by atoms with Crippen LogP contribution in [0.2, 0.25) is 10.0 Å². The van der Waals surface area contributed by atoms with E-state index in [1.165, 1.54) is 23.3 Å². The molecule has 2 aromatic carbocycles. The Morgan fingerprint density at radius 3 is 2.48 bits per heavy atom. The second-order valence-electron chi connectivity index (χ2n) is 7.18. The van der Waals surface area contributed by atoms with Crippen LogP contribution in [0.25, 0.3) is 21.7 Å². The molecule has 0 spiro atoms. The van der Waals surface area contributed by atoms with E-state index in [2.05, 4.69) is 22.5 Å². The number of nitrogens with zero attached hydrogens (tertiary/aromatic N) is 2. The Hall–Kier alpha value is -1.92. The van der Waals surface area contributed by atoms with Gasteiger partial charge in [0.2, 0.25) is 0 Å². The molecule has 2 heterocycles. The summed E-state index contributed by atoms with van der Waals surface area (Å²) in [5, 5.41) is 3.48. The normalized spacial score (nSPS) is 14.7. The molecule has 150 valence electrons. The summed E-state index contributed by atoms with van der Waals surface area (Å²) in [6, 6.07) is 13.5. The number of rotatable bonds is 4. The lowest BCUT2D eigenvalue weighted by atomic mass is 10.1. The van der Waals surface area contributed by atoms with E-state index in [1.54, 1.807) is 12.1 Å². The van der Waals surface area contributed by atoms with Crippen LogP contribution in [-0.2, 0) is 0 Å². The minimum absolute atomic E-state index is 0.179. The fourth-order valence-electron chi connectivity index (χ4n) is 3.38. The molecule has 1 N–H and O–H groups in total. The molecule has 1 aliphatic rings. The average Bonchev–Trinajstić information content (AvgIpc) is 3.14. The molecule has 3 aromatic rings. The number of benzene rings is 2. The first-order valence-electron chi connectivity index (χ1n) is 9.60. The monoisotopic (exact) mass is 445 g/mol. The zero-order valence-electron chi connectivity index (χ0n) is 16.0. The number of carbonyl (C=O) groups is 1. The lowest BCUT2D eigenvalue weighted by molar-refractivity contribution is 0.0750. The topological polar surface area (TPSA) is 45.2 Å². The van der Waals surface area contributed by atoms with Crippen molar-refractivity contribution in [3.05, 3.63) is 63.1 Å². The Bertz CT molecular complexity index is 1030. The van der Waals surface area contributed by atoms with Crippen molar-refractivity contribution in [1.82, 2.24) is 15.4 Å². The molecular formula is C22H21Cl2N3OS. The van der Waals surface area contributed by atoms with E-state index >= 15 is 0 Å². The van der Waals surface area contributed by atoms with Crippen molar-refractivity contribution in [3.8, 4) is 21.7 Å². The molecule has 1 aliphatic heterocycles. The van der Waals surface area contributed by atoms with E-state index in [0.29, 0.717) is 20.7 Å². The SMILES string of the molecule is Cc1ccc(-c2sc(C(=O)NN3CCCCC3)nc2-c2ccc(Cl)cc2Cl)cc1. The Morgan fingerprint density at radius 1 is 1.07 bits per heavy atom. The molecular weight excluding hydrogens is 425 g/mol. The number of hydrazine groups is 1. The van der Waals surface area contributed by atoms with E-state index in [0.717, 1.165) is 41.9 Å². The highest BCUT2D eigenvalue weighted by atomic mass is 35.5. The van der Waals surface area contributed by atoms with Crippen molar-refractivity contribution in [2.45, 2.75) is 26.2 Å². The van der Waals surface area contributed by atoms with Gasteiger partial charge in [0, 0.05) is 23.7 Å². The Kier molecular flexibility index (Phi) is 6.20. The summed E-state index contributed by atoms with van der Waals surface area (Å²) < 4.78 is 0. The number of amides is 1. The third-order valence-electron chi connectivity index (χ3n) is 4.94. The summed E-state index contributed by atoms with van der Waals surface area (Å²) in [5.41, 5.74) is 6.64. The van der Waals surface area contributed by atoms with E-state index in [1.807, 2.05) is 30.1 Å². The van der Waals surface area contributed by atoms with Crippen LogP contribution in [0.5, 0.6) is 0 Å². The van der Waals surface area contributed by atoms with Gasteiger partial charge in [0.05, 0.1) is 15.6 Å². The summed E-state index contributed by atoms with van der Waals surface area (Å²) in [6.45, 7) is 3.79. The van der Waals surface area contributed by atoms with Gasteiger partial charge in [0.1, 0.15) is 0 Å². The van der Waals surface area contributed by atoms with Gasteiger partial charge >= 0.3 is 0 Å². The molecule has 1 aromatic heterocycles. The summed E-state index contributed by atoms with van der Waals surface area (Å²) in [6.07, 6.45) is 3.40. The van der Waals surface area contributed by atoms with Crippen LogP contribution < -0.4 is 5.43 Å². The van der Waals surface area contributed by atoms with Gasteiger partial charge in [-0.05, 0) is 43.5 Å². The summed E-state index contributed by atoms with van der Waals surface area (Å²) in [4.78, 5) is 18.5. The van der Waals surface area contributed by atoms with Crippen molar-refractivity contribution in [2.24, 2.45) is 0 Å². The molecule has 1 amide bonds. The molecule has 29 heavy (non-hydrogen) atoms. The molecule has 0 radical (unpaired) electrons. The van der Waals surface area contributed by atoms with Gasteiger partial charge in [-0.3, -0.25) is 10.2 Å². The maximum Gasteiger partial charge on any atom is 0.294 e. The number of piperidine rings is 1. The molecule has 7 heteroatoms. The summed E-state index contributed by atoms with van der Waals surface area (Å²) in [5.74, 6) is -0.179. The molecule has 0 bridgehead atoms. The van der Waals surface area contributed by atoms with Gasteiger partial charge < -0.3 is 0 Å². The van der Waals surface area contributed by atoms with Crippen molar-refractivity contribution in [1.29, 1.82) is 0 Å². The van der Waals surface area contributed by atoms with Crippen LogP contribution in [0.4, 0.5) is 0 Å². The van der Waals surface area contributed by atoms with Gasteiger partial charge in [-0.2, -0.15) is 0 Å². The standard InChI is InChI=1S/C22H21Cl2N3OS/c1-14-5-7-15(8-6-14)20-19(17-10-9-16(23)13-18(17)24)25-22(29-20)21(28)26-27-11-3-2-4-12-27/h5-10,13H,2-4,11-12H2,1H3,(H,26,28). The van der Waals surface area contributed by atoms with Crippen molar-refractivity contribution < 1.29 is 4.79 Å². The molecule has 0 unspecified atom stereocenters. The zero-order chi connectivity index (χ0) is 20.4. The molecule has 0 saturated carbocycles.